The van der Waals surface area contributed by atoms with Crippen LogP contribution >= 0.6 is 0 Å². The van der Waals surface area contributed by atoms with E-state index in [2.05, 4.69) is 10.6 Å². The Morgan fingerprint density at radius 1 is 1.27 bits per heavy atom. The van der Waals surface area contributed by atoms with E-state index in [-0.39, 0.29) is 12.1 Å². The number of alkyl carbamates (subject to hydrolysis) is 1. The topological polar surface area (TPSA) is 76.7 Å². The van der Waals surface area contributed by atoms with Crippen molar-refractivity contribution >= 4 is 16.9 Å². The number of rotatable bonds is 11. The summed E-state index contributed by atoms with van der Waals surface area (Å²) in [7, 11) is 0.917. The van der Waals surface area contributed by atoms with Crippen LogP contribution in [0.2, 0.25) is 0 Å². The van der Waals surface area contributed by atoms with Crippen LogP contribution in [0.4, 0.5) is 4.79 Å². The molecule has 0 rings (SSSR count). The summed E-state index contributed by atoms with van der Waals surface area (Å²) in [6.07, 6.45) is 1.32. The van der Waals surface area contributed by atoms with Crippen LogP contribution in [0.15, 0.2) is 0 Å². The molecule has 0 spiro atoms. The first kappa shape index (κ1) is 21.3. The molecule has 132 valence electrons. The summed E-state index contributed by atoms with van der Waals surface area (Å²) in [4.78, 5) is 11.5. The lowest BCUT2D eigenvalue weighted by Crippen LogP contribution is -2.37. The van der Waals surface area contributed by atoms with E-state index in [4.69, 9.17) is 9.47 Å². The molecule has 0 heterocycles. The second-order valence-electron chi connectivity index (χ2n) is 6.11. The summed E-state index contributed by atoms with van der Waals surface area (Å²) in [6, 6.07) is 0.208. The van der Waals surface area contributed by atoms with E-state index in [1.165, 1.54) is 0 Å². The molecule has 0 aliphatic carbocycles. The third kappa shape index (κ3) is 13.0. The van der Waals surface area contributed by atoms with Gasteiger partial charge in [0.25, 0.3) is 0 Å². The fraction of sp³-hybridized carbons (Fsp3) is 0.933. The normalized spacial score (nSPS) is 14.4. The van der Waals surface area contributed by atoms with Crippen LogP contribution in [0.3, 0.4) is 0 Å². The number of carbonyl (C=O) groups excluding carboxylic acids is 1. The van der Waals surface area contributed by atoms with Gasteiger partial charge >= 0.3 is 6.09 Å². The van der Waals surface area contributed by atoms with Crippen LogP contribution in [0.25, 0.3) is 0 Å². The van der Waals surface area contributed by atoms with Crippen LogP contribution in [0, 0.1) is 0 Å². The van der Waals surface area contributed by atoms with Crippen molar-refractivity contribution in [1.82, 2.24) is 10.6 Å². The number of hydrogen-bond donors (Lipinski definition) is 2. The van der Waals surface area contributed by atoms with Crippen LogP contribution in [0.1, 0.15) is 40.5 Å². The zero-order valence-corrected chi connectivity index (χ0v) is 15.4. The zero-order valence-electron chi connectivity index (χ0n) is 14.6. The highest BCUT2D eigenvalue weighted by Crippen LogP contribution is 2.06. The SMILES string of the molecule is CCS(=O)CCNC(CCCNC(=O)OC(C)(C)C)COC. The van der Waals surface area contributed by atoms with Crippen LogP contribution < -0.4 is 10.6 Å². The molecule has 22 heavy (non-hydrogen) atoms. The first-order valence-electron chi connectivity index (χ1n) is 7.82. The van der Waals surface area contributed by atoms with Gasteiger partial charge in [0.1, 0.15) is 5.60 Å². The molecule has 0 fully saturated rings. The fourth-order valence-corrected chi connectivity index (χ4v) is 2.45. The molecule has 0 saturated carbocycles. The highest BCUT2D eigenvalue weighted by atomic mass is 32.2. The van der Waals surface area contributed by atoms with Gasteiger partial charge in [-0.15, -0.1) is 0 Å². The van der Waals surface area contributed by atoms with Gasteiger partial charge in [-0.2, -0.15) is 0 Å². The van der Waals surface area contributed by atoms with Gasteiger partial charge in [-0.3, -0.25) is 4.21 Å². The number of carbonyl (C=O) groups is 1. The number of ether oxygens (including phenoxy) is 2. The predicted molar refractivity (Wildman–Crippen MR) is 90.7 cm³/mol. The van der Waals surface area contributed by atoms with E-state index < -0.39 is 16.4 Å². The molecule has 0 aliphatic heterocycles. The maximum absolute atomic E-state index is 11.5. The van der Waals surface area contributed by atoms with Gasteiger partial charge in [-0.05, 0) is 33.6 Å². The summed E-state index contributed by atoms with van der Waals surface area (Å²) in [5, 5.41) is 6.09. The maximum Gasteiger partial charge on any atom is 0.407 e. The smallest absolute Gasteiger partial charge is 0.407 e. The molecule has 0 aromatic carbocycles. The Morgan fingerprint density at radius 2 is 1.95 bits per heavy atom. The Labute approximate surface area is 137 Å². The second kappa shape index (κ2) is 11.8. The Bertz CT molecular complexity index is 332. The van der Waals surface area contributed by atoms with Gasteiger partial charge in [0, 0.05) is 48.5 Å². The minimum absolute atomic E-state index is 0.208. The van der Waals surface area contributed by atoms with E-state index in [1.807, 2.05) is 27.7 Å². The summed E-state index contributed by atoms with van der Waals surface area (Å²) >= 11 is 0. The Hall–Kier alpha value is -0.660. The molecule has 0 bridgehead atoms. The summed E-state index contributed by atoms with van der Waals surface area (Å²) in [5.41, 5.74) is -0.473. The van der Waals surface area contributed by atoms with Crippen molar-refractivity contribution in [2.24, 2.45) is 0 Å². The van der Waals surface area contributed by atoms with Crippen LogP contribution in [-0.2, 0) is 20.3 Å². The van der Waals surface area contributed by atoms with Crippen molar-refractivity contribution in [3.05, 3.63) is 0 Å². The molecule has 0 aromatic heterocycles. The Balaban J connectivity index is 3.85. The third-order valence-corrected chi connectivity index (χ3v) is 4.15. The van der Waals surface area contributed by atoms with Crippen LogP contribution in [0.5, 0.6) is 0 Å². The van der Waals surface area contributed by atoms with Crippen molar-refractivity contribution < 1.29 is 18.5 Å². The van der Waals surface area contributed by atoms with Gasteiger partial charge < -0.3 is 20.1 Å². The van der Waals surface area contributed by atoms with Gasteiger partial charge in [0.05, 0.1) is 6.61 Å². The van der Waals surface area contributed by atoms with E-state index in [0.717, 1.165) is 12.8 Å². The monoisotopic (exact) mass is 336 g/mol. The van der Waals surface area contributed by atoms with Crippen molar-refractivity contribution in [2.75, 3.05) is 38.3 Å². The summed E-state index contributed by atoms with van der Waals surface area (Å²) in [5.74, 6) is 1.35. The molecule has 0 saturated heterocycles. The average Bonchev–Trinajstić information content (AvgIpc) is 2.41. The molecule has 2 unspecified atom stereocenters. The Kier molecular flexibility index (Phi) is 11.5. The van der Waals surface area contributed by atoms with E-state index in [1.54, 1.807) is 7.11 Å². The minimum atomic E-state index is -0.748. The molecule has 0 radical (unpaired) electrons. The van der Waals surface area contributed by atoms with Gasteiger partial charge in [0.2, 0.25) is 0 Å². The van der Waals surface area contributed by atoms with Crippen LogP contribution in [-0.4, -0.2) is 60.3 Å². The maximum atomic E-state index is 11.5. The molecule has 2 N–H and O–H groups in total. The Morgan fingerprint density at radius 3 is 2.50 bits per heavy atom. The van der Waals surface area contributed by atoms with Gasteiger partial charge in [0.15, 0.2) is 0 Å². The first-order valence-corrected chi connectivity index (χ1v) is 9.31. The molecular weight excluding hydrogens is 304 g/mol. The average molecular weight is 336 g/mol. The first-order chi connectivity index (χ1) is 10.3. The second-order valence-corrected chi connectivity index (χ2v) is 7.98. The van der Waals surface area contributed by atoms with E-state index >= 15 is 0 Å². The minimum Gasteiger partial charge on any atom is -0.444 e. The number of nitrogens with one attached hydrogen (secondary N) is 2. The lowest BCUT2D eigenvalue weighted by Gasteiger charge is -2.20. The molecule has 0 aliphatic rings. The number of methoxy groups -OCH3 is 1. The highest BCUT2D eigenvalue weighted by Gasteiger charge is 2.15. The van der Waals surface area contributed by atoms with Crippen molar-refractivity contribution in [3.63, 3.8) is 0 Å². The lowest BCUT2D eigenvalue weighted by atomic mass is 10.1. The van der Waals surface area contributed by atoms with Crippen molar-refractivity contribution in [1.29, 1.82) is 0 Å². The predicted octanol–water partition coefficient (Wildman–Crippen LogP) is 1.66. The molecule has 0 aromatic rings. The summed E-state index contributed by atoms with van der Waals surface area (Å²) in [6.45, 7) is 9.32. The molecule has 6 nitrogen and oxygen atoms in total. The standard InChI is InChI=1S/C15H32N2O4S/c1-6-22(19)11-10-16-13(12-20-5)8-7-9-17-14(18)21-15(2,3)4/h13,16H,6-12H2,1-5H3,(H,17,18). The highest BCUT2D eigenvalue weighted by molar-refractivity contribution is 7.84. The lowest BCUT2D eigenvalue weighted by molar-refractivity contribution is 0.0526. The molecule has 1 amide bonds. The number of hydrogen-bond acceptors (Lipinski definition) is 5. The molecule has 7 heteroatoms. The van der Waals surface area contributed by atoms with Crippen molar-refractivity contribution in [2.45, 2.75) is 52.2 Å². The molecule has 2 atom stereocenters. The van der Waals surface area contributed by atoms with E-state index in [9.17, 15) is 9.00 Å². The fourth-order valence-electron chi connectivity index (χ4n) is 1.82. The van der Waals surface area contributed by atoms with Gasteiger partial charge in [-0.25, -0.2) is 4.79 Å². The van der Waals surface area contributed by atoms with E-state index in [0.29, 0.717) is 31.2 Å². The number of amides is 1. The largest absolute Gasteiger partial charge is 0.444 e. The summed E-state index contributed by atoms with van der Waals surface area (Å²) < 4.78 is 21.7. The quantitative estimate of drug-likeness (QED) is 0.561. The molecular formula is C15H32N2O4S. The van der Waals surface area contributed by atoms with Gasteiger partial charge in [-0.1, -0.05) is 6.92 Å². The van der Waals surface area contributed by atoms with Crippen molar-refractivity contribution in [3.8, 4) is 0 Å². The zero-order chi connectivity index (χ0) is 17.0. The third-order valence-electron chi connectivity index (χ3n) is 2.85.